The van der Waals surface area contributed by atoms with Gasteiger partial charge in [0.05, 0.1) is 7.11 Å². The Kier molecular flexibility index (Phi) is 4.31. The van der Waals surface area contributed by atoms with Crippen molar-refractivity contribution in [3.05, 3.63) is 17.6 Å². The fourth-order valence-electron chi connectivity index (χ4n) is 2.36. The summed E-state index contributed by atoms with van der Waals surface area (Å²) in [5, 5.41) is 0. The first-order valence-electron chi connectivity index (χ1n) is 6.53. The number of methoxy groups -OCH3 is 1. The number of esters is 1. The first-order valence-corrected chi connectivity index (χ1v) is 6.53. The number of anilines is 1. The lowest BCUT2D eigenvalue weighted by atomic mass is 9.98. The van der Waals surface area contributed by atoms with Crippen molar-refractivity contribution in [2.75, 3.05) is 31.6 Å². The van der Waals surface area contributed by atoms with E-state index in [4.69, 9.17) is 5.73 Å². The molecule has 19 heavy (non-hydrogen) atoms. The highest BCUT2D eigenvalue weighted by Gasteiger charge is 2.21. The minimum Gasteiger partial charge on any atom is -0.463 e. The van der Waals surface area contributed by atoms with Crippen molar-refractivity contribution in [1.29, 1.82) is 0 Å². The van der Waals surface area contributed by atoms with E-state index in [0.717, 1.165) is 37.4 Å². The van der Waals surface area contributed by atoms with Gasteiger partial charge in [-0.15, -0.1) is 0 Å². The molecule has 0 amide bonds. The highest BCUT2D eigenvalue weighted by Crippen LogP contribution is 2.21. The zero-order chi connectivity index (χ0) is 13.8. The molecule has 1 aliphatic heterocycles. The lowest BCUT2D eigenvalue weighted by Crippen LogP contribution is -2.39. The summed E-state index contributed by atoms with van der Waals surface area (Å²) in [5.41, 5.74) is 6.50. The second-order valence-corrected chi connectivity index (χ2v) is 4.87. The number of rotatable bonds is 3. The Hall–Kier alpha value is -1.69. The molecular weight excluding hydrogens is 244 g/mol. The standard InChI is InChI=1S/C13H20N4O2/c1-9-6-11(16-12(15-9)13(18)19-2)17-5-3-4-10(7-14)8-17/h6,10H,3-5,7-8,14H2,1-2H3. The maximum Gasteiger partial charge on any atom is 0.376 e. The van der Waals surface area contributed by atoms with Crippen molar-refractivity contribution in [3.63, 3.8) is 0 Å². The van der Waals surface area contributed by atoms with E-state index in [1.807, 2.05) is 13.0 Å². The van der Waals surface area contributed by atoms with Crippen LogP contribution in [0.5, 0.6) is 0 Å². The Morgan fingerprint density at radius 1 is 1.58 bits per heavy atom. The SMILES string of the molecule is COC(=O)c1nc(C)cc(N2CCCC(CN)C2)n1. The van der Waals surface area contributed by atoms with Gasteiger partial charge in [0.1, 0.15) is 5.82 Å². The topological polar surface area (TPSA) is 81.3 Å². The van der Waals surface area contributed by atoms with Crippen LogP contribution in [0.25, 0.3) is 0 Å². The number of aryl methyl sites for hydroxylation is 1. The van der Waals surface area contributed by atoms with E-state index in [9.17, 15) is 4.79 Å². The van der Waals surface area contributed by atoms with Crippen LogP contribution in [0.2, 0.25) is 0 Å². The number of aromatic nitrogens is 2. The van der Waals surface area contributed by atoms with Crippen LogP contribution in [-0.4, -0.2) is 42.7 Å². The summed E-state index contributed by atoms with van der Waals surface area (Å²) in [6, 6.07) is 1.89. The van der Waals surface area contributed by atoms with Crippen LogP contribution in [0.4, 0.5) is 5.82 Å². The summed E-state index contributed by atoms with van der Waals surface area (Å²) in [6.07, 6.45) is 2.25. The highest BCUT2D eigenvalue weighted by molar-refractivity contribution is 5.85. The van der Waals surface area contributed by atoms with Crippen LogP contribution in [0.3, 0.4) is 0 Å². The molecule has 1 saturated heterocycles. The van der Waals surface area contributed by atoms with Gasteiger partial charge < -0.3 is 15.4 Å². The minimum absolute atomic E-state index is 0.118. The average molecular weight is 264 g/mol. The van der Waals surface area contributed by atoms with Gasteiger partial charge in [0.15, 0.2) is 0 Å². The number of piperidine rings is 1. The molecule has 2 N–H and O–H groups in total. The van der Waals surface area contributed by atoms with E-state index in [1.54, 1.807) is 0 Å². The molecule has 1 unspecified atom stereocenters. The Balaban J connectivity index is 2.24. The minimum atomic E-state index is -0.502. The van der Waals surface area contributed by atoms with Crippen molar-refractivity contribution in [3.8, 4) is 0 Å². The highest BCUT2D eigenvalue weighted by atomic mass is 16.5. The van der Waals surface area contributed by atoms with E-state index in [0.29, 0.717) is 12.5 Å². The summed E-state index contributed by atoms with van der Waals surface area (Å²) >= 11 is 0. The molecule has 104 valence electrons. The summed E-state index contributed by atoms with van der Waals surface area (Å²) in [4.78, 5) is 22.1. The maximum absolute atomic E-state index is 11.5. The zero-order valence-corrected chi connectivity index (χ0v) is 11.4. The quantitative estimate of drug-likeness (QED) is 0.811. The molecule has 0 spiro atoms. The van der Waals surface area contributed by atoms with Crippen molar-refractivity contribution in [2.45, 2.75) is 19.8 Å². The summed E-state index contributed by atoms with van der Waals surface area (Å²) in [5.74, 6) is 0.890. The van der Waals surface area contributed by atoms with Gasteiger partial charge in [-0.05, 0) is 32.2 Å². The molecule has 1 atom stereocenters. The molecule has 1 aliphatic rings. The predicted molar refractivity (Wildman–Crippen MR) is 72.1 cm³/mol. The smallest absolute Gasteiger partial charge is 0.376 e. The molecular formula is C13H20N4O2. The van der Waals surface area contributed by atoms with Crippen molar-refractivity contribution in [2.24, 2.45) is 11.7 Å². The van der Waals surface area contributed by atoms with Gasteiger partial charge in [0.2, 0.25) is 5.82 Å². The first-order chi connectivity index (χ1) is 9.13. The number of ether oxygens (including phenoxy) is 1. The van der Waals surface area contributed by atoms with Gasteiger partial charge in [-0.3, -0.25) is 0 Å². The molecule has 0 aliphatic carbocycles. The van der Waals surface area contributed by atoms with E-state index >= 15 is 0 Å². The summed E-state index contributed by atoms with van der Waals surface area (Å²) in [7, 11) is 1.33. The fraction of sp³-hybridized carbons (Fsp3) is 0.615. The van der Waals surface area contributed by atoms with Crippen LogP contribution in [-0.2, 0) is 4.74 Å². The number of hydrogen-bond donors (Lipinski definition) is 1. The summed E-state index contributed by atoms with van der Waals surface area (Å²) < 4.78 is 4.67. The second-order valence-electron chi connectivity index (χ2n) is 4.87. The Bertz CT molecular complexity index is 464. The van der Waals surface area contributed by atoms with E-state index in [2.05, 4.69) is 19.6 Å². The number of carbonyl (C=O) groups excluding carboxylic acids is 1. The maximum atomic E-state index is 11.5. The lowest BCUT2D eigenvalue weighted by Gasteiger charge is -2.33. The molecule has 2 heterocycles. The molecule has 2 rings (SSSR count). The van der Waals surface area contributed by atoms with Crippen LogP contribution in [0.1, 0.15) is 29.2 Å². The van der Waals surface area contributed by atoms with Crippen LogP contribution in [0, 0.1) is 12.8 Å². The van der Waals surface area contributed by atoms with Gasteiger partial charge in [-0.1, -0.05) is 0 Å². The van der Waals surface area contributed by atoms with E-state index in [-0.39, 0.29) is 5.82 Å². The molecule has 0 aromatic carbocycles. The molecule has 6 nitrogen and oxygen atoms in total. The Morgan fingerprint density at radius 2 is 2.37 bits per heavy atom. The average Bonchev–Trinajstić information content (AvgIpc) is 2.45. The first kappa shape index (κ1) is 13.7. The number of carbonyl (C=O) groups is 1. The molecule has 0 saturated carbocycles. The van der Waals surface area contributed by atoms with Gasteiger partial charge in [0.25, 0.3) is 0 Å². The summed E-state index contributed by atoms with van der Waals surface area (Å²) in [6.45, 7) is 4.35. The lowest BCUT2D eigenvalue weighted by molar-refractivity contribution is 0.0586. The zero-order valence-electron chi connectivity index (χ0n) is 11.4. The number of nitrogens with zero attached hydrogens (tertiary/aromatic N) is 3. The molecule has 1 aromatic heterocycles. The fourth-order valence-corrected chi connectivity index (χ4v) is 2.36. The molecule has 6 heteroatoms. The second kappa shape index (κ2) is 5.97. The van der Waals surface area contributed by atoms with E-state index in [1.165, 1.54) is 7.11 Å². The monoisotopic (exact) mass is 264 g/mol. The third-order valence-electron chi connectivity index (χ3n) is 3.38. The van der Waals surface area contributed by atoms with Crippen molar-refractivity contribution >= 4 is 11.8 Å². The van der Waals surface area contributed by atoms with Crippen LogP contribution < -0.4 is 10.6 Å². The third-order valence-corrected chi connectivity index (χ3v) is 3.38. The predicted octanol–water partition coefficient (Wildman–Crippen LogP) is 0.747. The normalized spacial score (nSPS) is 19.3. The molecule has 0 bridgehead atoms. The van der Waals surface area contributed by atoms with Crippen molar-refractivity contribution in [1.82, 2.24) is 9.97 Å². The Morgan fingerprint density at radius 3 is 3.05 bits per heavy atom. The third kappa shape index (κ3) is 3.20. The largest absolute Gasteiger partial charge is 0.463 e. The molecule has 1 aromatic rings. The van der Waals surface area contributed by atoms with Gasteiger partial charge in [-0.25, -0.2) is 14.8 Å². The Labute approximate surface area is 113 Å². The van der Waals surface area contributed by atoms with Gasteiger partial charge in [-0.2, -0.15) is 0 Å². The van der Waals surface area contributed by atoms with Gasteiger partial charge >= 0.3 is 5.97 Å². The van der Waals surface area contributed by atoms with Crippen LogP contribution >= 0.6 is 0 Å². The van der Waals surface area contributed by atoms with Gasteiger partial charge in [0, 0.05) is 24.8 Å². The number of nitrogens with two attached hydrogens (primary N) is 1. The van der Waals surface area contributed by atoms with E-state index < -0.39 is 5.97 Å². The van der Waals surface area contributed by atoms with Crippen molar-refractivity contribution < 1.29 is 9.53 Å². The molecule has 1 fully saturated rings. The number of hydrogen-bond acceptors (Lipinski definition) is 6. The van der Waals surface area contributed by atoms with Crippen LogP contribution in [0.15, 0.2) is 6.07 Å². The molecule has 0 radical (unpaired) electrons.